The van der Waals surface area contributed by atoms with E-state index in [-0.39, 0.29) is 17.8 Å². The number of anilines is 1. The van der Waals surface area contributed by atoms with Crippen LogP contribution in [-0.4, -0.2) is 17.0 Å². The van der Waals surface area contributed by atoms with Crippen LogP contribution in [0, 0.1) is 17.0 Å². The van der Waals surface area contributed by atoms with Gasteiger partial charge < -0.3 is 10.6 Å². The molecule has 0 aliphatic heterocycles. The van der Waals surface area contributed by atoms with Gasteiger partial charge in [0, 0.05) is 23.9 Å². The van der Waals surface area contributed by atoms with E-state index < -0.39 is 4.92 Å². The number of rotatable bonds is 5. The third-order valence-corrected chi connectivity index (χ3v) is 2.57. The summed E-state index contributed by atoms with van der Waals surface area (Å²) in [6.07, 6.45) is 2.40. The minimum Gasteiger partial charge on any atom is -0.335 e. The summed E-state index contributed by atoms with van der Waals surface area (Å²) in [7, 11) is 0. The standard InChI is InChI=1S/C13H17N3O3/c1-4-5-10(3)14-13(17)15-12-7-6-11(16(18)19)8-9(12)2/h4,6-8,10H,1,5H2,2-3H3,(H2,14,15,17). The van der Waals surface area contributed by atoms with Crippen LogP contribution in [-0.2, 0) is 0 Å². The molecular weight excluding hydrogens is 246 g/mol. The Morgan fingerprint density at radius 1 is 1.58 bits per heavy atom. The van der Waals surface area contributed by atoms with Crippen LogP contribution in [0.15, 0.2) is 30.9 Å². The number of amides is 2. The molecule has 19 heavy (non-hydrogen) atoms. The Morgan fingerprint density at radius 3 is 2.79 bits per heavy atom. The van der Waals surface area contributed by atoms with Crippen molar-refractivity contribution in [2.45, 2.75) is 26.3 Å². The van der Waals surface area contributed by atoms with Crippen molar-refractivity contribution in [2.24, 2.45) is 0 Å². The first-order chi connectivity index (χ1) is 8.93. The van der Waals surface area contributed by atoms with E-state index in [1.165, 1.54) is 18.2 Å². The largest absolute Gasteiger partial charge is 0.335 e. The average molecular weight is 263 g/mol. The molecule has 0 aliphatic rings. The number of aryl methyl sites for hydroxylation is 1. The normalized spacial score (nSPS) is 11.5. The maximum atomic E-state index is 11.7. The second-order valence-corrected chi connectivity index (χ2v) is 4.28. The smallest absolute Gasteiger partial charge is 0.319 e. The van der Waals surface area contributed by atoms with Crippen molar-refractivity contribution >= 4 is 17.4 Å². The third kappa shape index (κ3) is 4.42. The molecule has 2 amide bonds. The van der Waals surface area contributed by atoms with E-state index >= 15 is 0 Å². The monoisotopic (exact) mass is 263 g/mol. The van der Waals surface area contributed by atoms with E-state index in [2.05, 4.69) is 17.2 Å². The van der Waals surface area contributed by atoms with Crippen molar-refractivity contribution in [3.8, 4) is 0 Å². The maximum Gasteiger partial charge on any atom is 0.319 e. The van der Waals surface area contributed by atoms with E-state index in [0.29, 0.717) is 17.7 Å². The van der Waals surface area contributed by atoms with Crippen molar-refractivity contribution in [2.75, 3.05) is 5.32 Å². The van der Waals surface area contributed by atoms with Gasteiger partial charge in [-0.25, -0.2) is 4.79 Å². The van der Waals surface area contributed by atoms with E-state index in [4.69, 9.17) is 0 Å². The molecule has 6 heteroatoms. The summed E-state index contributed by atoms with van der Waals surface area (Å²) in [5, 5.41) is 16.0. The summed E-state index contributed by atoms with van der Waals surface area (Å²) < 4.78 is 0. The minimum atomic E-state index is -0.469. The topological polar surface area (TPSA) is 84.3 Å². The summed E-state index contributed by atoms with van der Waals surface area (Å²) >= 11 is 0. The molecule has 0 heterocycles. The van der Waals surface area contributed by atoms with Gasteiger partial charge in [-0.15, -0.1) is 6.58 Å². The molecule has 0 aromatic heterocycles. The first kappa shape index (κ1) is 14.7. The highest BCUT2D eigenvalue weighted by Gasteiger charge is 2.11. The second kappa shape index (κ2) is 6.53. The lowest BCUT2D eigenvalue weighted by molar-refractivity contribution is -0.384. The van der Waals surface area contributed by atoms with E-state index in [0.717, 1.165) is 0 Å². The van der Waals surface area contributed by atoms with Crippen LogP contribution in [0.4, 0.5) is 16.2 Å². The lowest BCUT2D eigenvalue weighted by atomic mass is 10.2. The number of benzene rings is 1. The maximum absolute atomic E-state index is 11.7. The van der Waals surface area contributed by atoms with Crippen molar-refractivity contribution in [3.05, 3.63) is 46.5 Å². The van der Waals surface area contributed by atoms with Gasteiger partial charge in [0.15, 0.2) is 0 Å². The van der Waals surface area contributed by atoms with Gasteiger partial charge in [-0.3, -0.25) is 10.1 Å². The molecule has 0 spiro atoms. The molecule has 6 nitrogen and oxygen atoms in total. The molecular formula is C13H17N3O3. The fourth-order valence-corrected chi connectivity index (χ4v) is 1.59. The number of urea groups is 1. The van der Waals surface area contributed by atoms with Gasteiger partial charge in [0.05, 0.1) is 4.92 Å². The zero-order valence-corrected chi connectivity index (χ0v) is 11.0. The highest BCUT2D eigenvalue weighted by molar-refractivity contribution is 5.90. The van der Waals surface area contributed by atoms with E-state index in [1.807, 2.05) is 6.92 Å². The van der Waals surface area contributed by atoms with Crippen LogP contribution >= 0.6 is 0 Å². The Hall–Kier alpha value is -2.37. The third-order valence-electron chi connectivity index (χ3n) is 2.57. The Kier molecular flexibility index (Phi) is 5.05. The van der Waals surface area contributed by atoms with Crippen LogP contribution < -0.4 is 10.6 Å². The Labute approximate surface area is 111 Å². The lowest BCUT2D eigenvalue weighted by Gasteiger charge is -2.13. The number of nitro groups is 1. The number of non-ortho nitro benzene ring substituents is 1. The van der Waals surface area contributed by atoms with Crippen molar-refractivity contribution in [1.29, 1.82) is 0 Å². The van der Waals surface area contributed by atoms with Gasteiger partial charge in [0.1, 0.15) is 0 Å². The van der Waals surface area contributed by atoms with Crippen molar-refractivity contribution in [3.63, 3.8) is 0 Å². The van der Waals surface area contributed by atoms with Crippen LogP contribution in [0.2, 0.25) is 0 Å². The molecule has 1 aromatic carbocycles. The number of hydrogen-bond acceptors (Lipinski definition) is 3. The molecule has 1 rings (SSSR count). The summed E-state index contributed by atoms with van der Waals surface area (Å²) in [4.78, 5) is 21.8. The Morgan fingerprint density at radius 2 is 2.26 bits per heavy atom. The molecule has 0 radical (unpaired) electrons. The molecule has 0 saturated heterocycles. The highest BCUT2D eigenvalue weighted by Crippen LogP contribution is 2.20. The fourth-order valence-electron chi connectivity index (χ4n) is 1.59. The average Bonchev–Trinajstić information content (AvgIpc) is 2.31. The Bertz CT molecular complexity index is 500. The first-order valence-corrected chi connectivity index (χ1v) is 5.87. The summed E-state index contributed by atoms with van der Waals surface area (Å²) in [6.45, 7) is 7.17. The molecule has 1 unspecified atom stereocenters. The number of hydrogen-bond donors (Lipinski definition) is 2. The number of nitrogens with zero attached hydrogens (tertiary/aromatic N) is 1. The van der Waals surface area contributed by atoms with Crippen LogP contribution in [0.1, 0.15) is 18.9 Å². The minimum absolute atomic E-state index is 0.00323. The summed E-state index contributed by atoms with van der Waals surface area (Å²) in [5.74, 6) is 0. The summed E-state index contributed by atoms with van der Waals surface area (Å²) in [5.41, 5.74) is 1.19. The van der Waals surface area contributed by atoms with Gasteiger partial charge >= 0.3 is 6.03 Å². The molecule has 0 aliphatic carbocycles. The number of carbonyl (C=O) groups is 1. The van der Waals surface area contributed by atoms with Crippen LogP contribution in [0.25, 0.3) is 0 Å². The molecule has 0 fully saturated rings. The number of carbonyl (C=O) groups excluding carboxylic acids is 1. The van der Waals surface area contributed by atoms with Crippen LogP contribution in [0.3, 0.4) is 0 Å². The van der Waals surface area contributed by atoms with E-state index in [1.54, 1.807) is 13.0 Å². The molecule has 0 bridgehead atoms. The lowest BCUT2D eigenvalue weighted by Crippen LogP contribution is -2.35. The summed E-state index contributed by atoms with van der Waals surface area (Å²) in [6, 6.07) is 3.94. The van der Waals surface area contributed by atoms with Crippen LogP contribution in [0.5, 0.6) is 0 Å². The first-order valence-electron chi connectivity index (χ1n) is 5.87. The molecule has 102 valence electrons. The molecule has 2 N–H and O–H groups in total. The van der Waals surface area contributed by atoms with Gasteiger partial charge in [-0.2, -0.15) is 0 Å². The molecule has 1 atom stereocenters. The number of nitrogens with one attached hydrogen (secondary N) is 2. The van der Waals surface area contributed by atoms with Gasteiger partial charge in [0.25, 0.3) is 5.69 Å². The SMILES string of the molecule is C=CCC(C)NC(=O)Nc1ccc([N+](=O)[O-])cc1C. The fraction of sp³-hybridized carbons (Fsp3) is 0.308. The zero-order valence-electron chi connectivity index (χ0n) is 11.0. The second-order valence-electron chi connectivity index (χ2n) is 4.28. The van der Waals surface area contributed by atoms with Gasteiger partial charge in [-0.1, -0.05) is 6.08 Å². The van der Waals surface area contributed by atoms with Crippen molar-refractivity contribution < 1.29 is 9.72 Å². The van der Waals surface area contributed by atoms with Crippen molar-refractivity contribution in [1.82, 2.24) is 5.32 Å². The Balaban J connectivity index is 2.69. The molecule has 1 aromatic rings. The highest BCUT2D eigenvalue weighted by atomic mass is 16.6. The number of nitro benzene ring substituents is 1. The van der Waals surface area contributed by atoms with Gasteiger partial charge in [-0.05, 0) is 31.9 Å². The van der Waals surface area contributed by atoms with E-state index in [9.17, 15) is 14.9 Å². The predicted molar refractivity (Wildman–Crippen MR) is 74.3 cm³/mol. The quantitative estimate of drug-likeness (QED) is 0.486. The zero-order chi connectivity index (χ0) is 14.4. The molecule has 0 saturated carbocycles. The predicted octanol–water partition coefficient (Wildman–Crippen LogP) is 2.99. The van der Waals surface area contributed by atoms with Gasteiger partial charge in [0.2, 0.25) is 0 Å².